The maximum Gasteiger partial charge on any atom is 0.130 e. The van der Waals surface area contributed by atoms with Gasteiger partial charge in [-0.2, -0.15) is 0 Å². The lowest BCUT2D eigenvalue weighted by Gasteiger charge is -2.28. The quantitative estimate of drug-likeness (QED) is 0.866. The number of aliphatic hydroxyl groups is 1. The highest BCUT2D eigenvalue weighted by atomic mass is 35.5. The predicted molar refractivity (Wildman–Crippen MR) is 76.0 cm³/mol. The SMILES string of the molecule is Cc1cc(C)c(C(C)(O)c2ccccc2Cl)c(F)c1. The fraction of sp³-hybridized carbons (Fsp3) is 0.250. The van der Waals surface area contributed by atoms with Gasteiger partial charge in [0.05, 0.1) is 0 Å². The van der Waals surface area contributed by atoms with E-state index >= 15 is 0 Å². The van der Waals surface area contributed by atoms with E-state index in [0.717, 1.165) is 5.56 Å². The molecule has 0 saturated carbocycles. The number of benzene rings is 2. The van der Waals surface area contributed by atoms with Gasteiger partial charge in [-0.25, -0.2) is 4.39 Å². The van der Waals surface area contributed by atoms with E-state index in [4.69, 9.17) is 11.6 Å². The molecule has 0 saturated heterocycles. The van der Waals surface area contributed by atoms with E-state index in [0.29, 0.717) is 16.1 Å². The Labute approximate surface area is 117 Å². The van der Waals surface area contributed by atoms with Crippen LogP contribution in [0, 0.1) is 19.7 Å². The summed E-state index contributed by atoms with van der Waals surface area (Å²) in [6, 6.07) is 10.2. The molecule has 2 aromatic rings. The van der Waals surface area contributed by atoms with Crippen molar-refractivity contribution in [3.05, 3.63) is 69.5 Å². The minimum absolute atomic E-state index is 0.270. The maximum atomic E-state index is 14.2. The van der Waals surface area contributed by atoms with Crippen LogP contribution >= 0.6 is 11.6 Å². The third kappa shape index (κ3) is 2.51. The lowest BCUT2D eigenvalue weighted by molar-refractivity contribution is 0.0973. The number of hydrogen-bond donors (Lipinski definition) is 1. The summed E-state index contributed by atoms with van der Waals surface area (Å²) in [5.41, 5.74) is 0.852. The molecule has 0 bridgehead atoms. The van der Waals surface area contributed by atoms with Gasteiger partial charge in [0.15, 0.2) is 0 Å². The normalized spacial score (nSPS) is 14.2. The van der Waals surface area contributed by atoms with Gasteiger partial charge in [-0.15, -0.1) is 0 Å². The van der Waals surface area contributed by atoms with Crippen LogP contribution in [0.5, 0.6) is 0 Å². The molecule has 0 aromatic heterocycles. The first-order valence-electron chi connectivity index (χ1n) is 6.08. The molecule has 19 heavy (non-hydrogen) atoms. The van der Waals surface area contributed by atoms with Crippen molar-refractivity contribution in [3.63, 3.8) is 0 Å². The molecule has 1 unspecified atom stereocenters. The van der Waals surface area contributed by atoms with Gasteiger partial charge in [-0.05, 0) is 44.0 Å². The fourth-order valence-corrected chi connectivity index (χ4v) is 2.84. The van der Waals surface area contributed by atoms with Gasteiger partial charge in [0.25, 0.3) is 0 Å². The van der Waals surface area contributed by atoms with Crippen LogP contribution in [-0.4, -0.2) is 5.11 Å². The molecule has 100 valence electrons. The summed E-state index contributed by atoms with van der Waals surface area (Å²) in [6.07, 6.45) is 0. The molecule has 0 aliphatic heterocycles. The largest absolute Gasteiger partial charge is 0.381 e. The Bertz CT molecular complexity index is 597. The number of aryl methyl sites for hydroxylation is 2. The molecule has 3 heteroatoms. The third-order valence-electron chi connectivity index (χ3n) is 3.32. The van der Waals surface area contributed by atoms with Crippen LogP contribution in [0.25, 0.3) is 0 Å². The molecule has 0 amide bonds. The second kappa shape index (κ2) is 4.95. The first kappa shape index (κ1) is 14.0. The standard InChI is InChI=1S/C16H16ClFO/c1-10-8-11(2)15(14(18)9-10)16(3,19)12-6-4-5-7-13(12)17/h4-9,19H,1-3H3. The number of hydrogen-bond acceptors (Lipinski definition) is 1. The molecule has 2 rings (SSSR count). The van der Waals surface area contributed by atoms with E-state index in [9.17, 15) is 9.50 Å². The monoisotopic (exact) mass is 278 g/mol. The van der Waals surface area contributed by atoms with Crippen molar-refractivity contribution in [1.82, 2.24) is 0 Å². The molecule has 1 nitrogen and oxygen atoms in total. The molecule has 0 aliphatic carbocycles. The third-order valence-corrected chi connectivity index (χ3v) is 3.65. The molecule has 0 aliphatic rings. The Balaban J connectivity index is 2.67. The zero-order valence-electron chi connectivity index (χ0n) is 11.2. The summed E-state index contributed by atoms with van der Waals surface area (Å²) in [7, 11) is 0. The highest BCUT2D eigenvalue weighted by Crippen LogP contribution is 2.37. The van der Waals surface area contributed by atoms with E-state index in [2.05, 4.69) is 0 Å². The first-order valence-corrected chi connectivity index (χ1v) is 6.46. The summed E-state index contributed by atoms with van der Waals surface area (Å²) in [4.78, 5) is 0. The average molecular weight is 279 g/mol. The lowest BCUT2D eigenvalue weighted by atomic mass is 9.84. The van der Waals surface area contributed by atoms with Crippen LogP contribution in [0.1, 0.15) is 29.2 Å². The zero-order valence-corrected chi connectivity index (χ0v) is 11.9. The van der Waals surface area contributed by atoms with Crippen molar-refractivity contribution >= 4 is 11.6 Å². The van der Waals surface area contributed by atoms with Gasteiger partial charge in [0.1, 0.15) is 11.4 Å². The summed E-state index contributed by atoms with van der Waals surface area (Å²) in [6.45, 7) is 5.18. The van der Waals surface area contributed by atoms with E-state index in [1.165, 1.54) is 6.07 Å². The van der Waals surface area contributed by atoms with Crippen LogP contribution in [0.15, 0.2) is 36.4 Å². The Hall–Kier alpha value is -1.38. The highest BCUT2D eigenvalue weighted by molar-refractivity contribution is 6.31. The second-order valence-corrected chi connectivity index (χ2v) is 5.40. The zero-order chi connectivity index (χ0) is 14.2. The van der Waals surface area contributed by atoms with Gasteiger partial charge >= 0.3 is 0 Å². The fourth-order valence-electron chi connectivity index (χ4n) is 2.52. The molecule has 2 aromatic carbocycles. The molecule has 0 spiro atoms. The molecule has 1 atom stereocenters. The second-order valence-electron chi connectivity index (χ2n) is 4.99. The van der Waals surface area contributed by atoms with Gasteiger partial charge in [0.2, 0.25) is 0 Å². The Kier molecular flexibility index (Phi) is 3.66. The molecule has 0 radical (unpaired) electrons. The van der Waals surface area contributed by atoms with E-state index in [1.54, 1.807) is 38.1 Å². The van der Waals surface area contributed by atoms with E-state index in [-0.39, 0.29) is 5.56 Å². The topological polar surface area (TPSA) is 20.2 Å². The number of halogens is 2. The predicted octanol–water partition coefficient (Wildman–Crippen LogP) is 4.35. The van der Waals surface area contributed by atoms with E-state index < -0.39 is 11.4 Å². The summed E-state index contributed by atoms with van der Waals surface area (Å²) >= 11 is 6.11. The Morgan fingerprint density at radius 1 is 1.16 bits per heavy atom. The van der Waals surface area contributed by atoms with Gasteiger partial charge in [-0.3, -0.25) is 0 Å². The average Bonchev–Trinajstić information content (AvgIpc) is 2.27. The van der Waals surface area contributed by atoms with Crippen molar-refractivity contribution in [2.75, 3.05) is 0 Å². The molecule has 1 N–H and O–H groups in total. The van der Waals surface area contributed by atoms with Crippen molar-refractivity contribution in [1.29, 1.82) is 0 Å². The van der Waals surface area contributed by atoms with Crippen molar-refractivity contribution < 1.29 is 9.50 Å². The molecular weight excluding hydrogens is 263 g/mol. The Morgan fingerprint density at radius 3 is 2.37 bits per heavy atom. The maximum absolute atomic E-state index is 14.2. The van der Waals surface area contributed by atoms with Crippen molar-refractivity contribution in [2.45, 2.75) is 26.4 Å². The van der Waals surface area contributed by atoms with Crippen LogP contribution in [0.3, 0.4) is 0 Å². The van der Waals surface area contributed by atoms with Gasteiger partial charge in [-0.1, -0.05) is 35.9 Å². The number of rotatable bonds is 2. The van der Waals surface area contributed by atoms with Crippen LogP contribution < -0.4 is 0 Å². The lowest BCUT2D eigenvalue weighted by Crippen LogP contribution is -2.26. The van der Waals surface area contributed by atoms with Crippen LogP contribution in [-0.2, 0) is 5.60 Å². The minimum Gasteiger partial charge on any atom is -0.381 e. The van der Waals surface area contributed by atoms with Crippen LogP contribution in [0.2, 0.25) is 5.02 Å². The summed E-state index contributed by atoms with van der Waals surface area (Å²) in [5.74, 6) is -0.414. The van der Waals surface area contributed by atoms with Crippen molar-refractivity contribution in [3.8, 4) is 0 Å². The summed E-state index contributed by atoms with van der Waals surface area (Å²) in [5, 5.41) is 11.2. The Morgan fingerprint density at radius 2 is 1.79 bits per heavy atom. The van der Waals surface area contributed by atoms with Gasteiger partial charge < -0.3 is 5.11 Å². The van der Waals surface area contributed by atoms with Crippen molar-refractivity contribution in [2.24, 2.45) is 0 Å². The molecule has 0 fully saturated rings. The smallest absolute Gasteiger partial charge is 0.130 e. The van der Waals surface area contributed by atoms with Crippen LogP contribution in [0.4, 0.5) is 4.39 Å². The van der Waals surface area contributed by atoms with Gasteiger partial charge in [0, 0.05) is 16.1 Å². The van der Waals surface area contributed by atoms with E-state index in [1.807, 2.05) is 13.0 Å². The first-order chi connectivity index (χ1) is 8.84. The molecule has 0 heterocycles. The molecular formula is C16H16ClFO. The highest BCUT2D eigenvalue weighted by Gasteiger charge is 2.32. The summed E-state index contributed by atoms with van der Waals surface area (Å²) < 4.78 is 14.2. The minimum atomic E-state index is -1.46.